The van der Waals surface area contributed by atoms with Crippen LogP contribution in [-0.2, 0) is 14.3 Å². The molecule has 1 aromatic heterocycles. The quantitative estimate of drug-likeness (QED) is 0.426. The van der Waals surface area contributed by atoms with Crippen molar-refractivity contribution in [3.63, 3.8) is 0 Å². The van der Waals surface area contributed by atoms with Crippen molar-refractivity contribution < 1.29 is 33.0 Å². The predicted molar refractivity (Wildman–Crippen MR) is 108 cm³/mol. The van der Waals surface area contributed by atoms with Crippen molar-refractivity contribution in [2.45, 2.75) is 13.0 Å². The Balaban J connectivity index is 1.46. The molecule has 0 saturated heterocycles. The number of hydrogen-bond acceptors (Lipinski definition) is 7. The number of carbonyl (C=O) groups is 3. The van der Waals surface area contributed by atoms with Crippen LogP contribution in [0, 0.1) is 0 Å². The number of benzene rings is 2. The van der Waals surface area contributed by atoms with Crippen molar-refractivity contribution in [1.82, 2.24) is 5.32 Å². The van der Waals surface area contributed by atoms with Gasteiger partial charge in [-0.25, -0.2) is 4.79 Å². The lowest BCUT2D eigenvalue weighted by Crippen LogP contribution is -2.31. The third-order valence-corrected chi connectivity index (χ3v) is 4.28. The van der Waals surface area contributed by atoms with Crippen molar-refractivity contribution >= 4 is 29.1 Å². The Bertz CT molecular complexity index is 1020. The van der Waals surface area contributed by atoms with E-state index in [1.54, 1.807) is 6.92 Å². The van der Waals surface area contributed by atoms with E-state index < -0.39 is 25.1 Å². The molecule has 1 heterocycles. The summed E-state index contributed by atoms with van der Waals surface area (Å²) >= 11 is 0. The first kappa shape index (κ1) is 20.9. The van der Waals surface area contributed by atoms with Crippen LogP contribution in [0.3, 0.4) is 0 Å². The highest BCUT2D eigenvalue weighted by Gasteiger charge is 2.16. The lowest BCUT2D eigenvalue weighted by molar-refractivity contribution is -0.150. The number of aldehydes is 1. The molecule has 0 unspecified atom stereocenters. The van der Waals surface area contributed by atoms with Gasteiger partial charge in [0.2, 0.25) is 0 Å². The average Bonchev–Trinajstić information content (AvgIpc) is 3.20. The van der Waals surface area contributed by atoms with Crippen LogP contribution in [0.15, 0.2) is 52.9 Å². The Hall–Kier alpha value is -3.81. The molecule has 1 amide bonds. The van der Waals surface area contributed by atoms with Crippen molar-refractivity contribution in [2.24, 2.45) is 0 Å². The van der Waals surface area contributed by atoms with Crippen LogP contribution in [0.5, 0.6) is 11.5 Å². The minimum Gasteiger partial charge on any atom is -0.493 e. The molecule has 1 atom stereocenters. The summed E-state index contributed by atoms with van der Waals surface area (Å²) in [5, 5.41) is 3.65. The van der Waals surface area contributed by atoms with Crippen LogP contribution in [0.4, 0.5) is 0 Å². The fraction of sp³-hybridized carbons (Fsp3) is 0.227. The maximum absolute atomic E-state index is 12.1. The normalized spacial score (nSPS) is 11.5. The SMILES string of the molecule is COc1cc(C=O)ccc1OCC(=O)OCC(=O)N[C@@H](C)c1cc2ccccc2o1. The fourth-order valence-corrected chi connectivity index (χ4v) is 2.77. The summed E-state index contributed by atoms with van der Waals surface area (Å²) in [5.41, 5.74) is 1.14. The summed E-state index contributed by atoms with van der Waals surface area (Å²) in [5.74, 6) is 0.00478. The van der Waals surface area contributed by atoms with Gasteiger partial charge in [0, 0.05) is 10.9 Å². The molecule has 0 aliphatic carbocycles. The van der Waals surface area contributed by atoms with E-state index in [9.17, 15) is 14.4 Å². The maximum Gasteiger partial charge on any atom is 0.344 e. The van der Waals surface area contributed by atoms with Gasteiger partial charge >= 0.3 is 5.97 Å². The number of carbonyl (C=O) groups excluding carboxylic acids is 3. The van der Waals surface area contributed by atoms with Crippen LogP contribution in [0.1, 0.15) is 29.1 Å². The summed E-state index contributed by atoms with van der Waals surface area (Å²) < 4.78 is 21.1. The third-order valence-electron chi connectivity index (χ3n) is 4.28. The smallest absolute Gasteiger partial charge is 0.344 e. The van der Waals surface area contributed by atoms with Gasteiger partial charge in [-0.3, -0.25) is 9.59 Å². The van der Waals surface area contributed by atoms with Gasteiger partial charge in [-0.15, -0.1) is 0 Å². The summed E-state index contributed by atoms with van der Waals surface area (Å²) in [6.07, 6.45) is 0.672. The van der Waals surface area contributed by atoms with Gasteiger partial charge in [0.15, 0.2) is 24.7 Å². The van der Waals surface area contributed by atoms with Gasteiger partial charge in [-0.1, -0.05) is 18.2 Å². The van der Waals surface area contributed by atoms with E-state index in [2.05, 4.69) is 5.32 Å². The summed E-state index contributed by atoms with van der Waals surface area (Å²) in [6, 6.07) is 13.5. The van der Waals surface area contributed by atoms with Gasteiger partial charge in [0.05, 0.1) is 13.2 Å². The lowest BCUT2D eigenvalue weighted by atomic mass is 10.2. The number of hydrogen-bond donors (Lipinski definition) is 1. The number of ether oxygens (including phenoxy) is 3. The highest BCUT2D eigenvalue weighted by atomic mass is 16.6. The molecule has 0 radical (unpaired) electrons. The Morgan fingerprint density at radius 3 is 2.63 bits per heavy atom. The second kappa shape index (κ2) is 9.60. The van der Waals surface area contributed by atoms with E-state index in [0.29, 0.717) is 23.4 Å². The van der Waals surface area contributed by atoms with Gasteiger partial charge in [-0.05, 0) is 37.3 Å². The molecule has 0 fully saturated rings. The molecule has 30 heavy (non-hydrogen) atoms. The number of rotatable bonds is 9. The van der Waals surface area contributed by atoms with E-state index in [1.807, 2.05) is 30.3 Å². The number of fused-ring (bicyclic) bond motifs is 1. The predicted octanol–water partition coefficient (Wildman–Crippen LogP) is 3.05. The number of esters is 1. The van der Waals surface area contributed by atoms with Gasteiger partial charge in [-0.2, -0.15) is 0 Å². The zero-order chi connectivity index (χ0) is 21.5. The summed E-state index contributed by atoms with van der Waals surface area (Å²) in [7, 11) is 1.42. The standard InChI is InChI=1S/C22H21NO7/c1-14(19-10-16-5-3-4-6-17(16)30-19)23-21(25)12-29-22(26)13-28-18-8-7-15(11-24)9-20(18)27-2/h3-11,14H,12-13H2,1-2H3,(H,23,25)/t14-/m0/s1. The Kier molecular flexibility index (Phi) is 6.69. The molecule has 3 rings (SSSR count). The van der Waals surface area contributed by atoms with E-state index >= 15 is 0 Å². The van der Waals surface area contributed by atoms with Crippen LogP contribution in [-0.4, -0.2) is 38.5 Å². The van der Waals surface area contributed by atoms with Gasteiger partial charge in [0.25, 0.3) is 5.91 Å². The van der Waals surface area contributed by atoms with Gasteiger partial charge in [0.1, 0.15) is 17.6 Å². The first-order valence-electron chi connectivity index (χ1n) is 9.19. The summed E-state index contributed by atoms with van der Waals surface area (Å²) in [6.45, 7) is 0.910. The highest BCUT2D eigenvalue weighted by Crippen LogP contribution is 2.27. The Labute approximate surface area is 172 Å². The van der Waals surface area contributed by atoms with Crippen molar-refractivity contribution in [3.05, 3.63) is 59.9 Å². The second-order valence-corrected chi connectivity index (χ2v) is 6.45. The minimum atomic E-state index is -0.719. The van der Waals surface area contributed by atoms with E-state index in [-0.39, 0.29) is 11.8 Å². The monoisotopic (exact) mass is 411 g/mol. The molecule has 1 N–H and O–H groups in total. The second-order valence-electron chi connectivity index (χ2n) is 6.45. The molecule has 2 aromatic carbocycles. The minimum absolute atomic E-state index is 0.281. The number of para-hydroxylation sites is 1. The summed E-state index contributed by atoms with van der Waals surface area (Å²) in [4.78, 5) is 34.7. The molecule has 8 nitrogen and oxygen atoms in total. The van der Waals surface area contributed by atoms with Crippen molar-refractivity contribution in [3.8, 4) is 11.5 Å². The Morgan fingerprint density at radius 2 is 1.90 bits per heavy atom. The lowest BCUT2D eigenvalue weighted by Gasteiger charge is -2.12. The van der Waals surface area contributed by atoms with E-state index in [1.165, 1.54) is 25.3 Å². The molecule has 8 heteroatoms. The fourth-order valence-electron chi connectivity index (χ4n) is 2.77. The number of amides is 1. The topological polar surface area (TPSA) is 104 Å². The van der Waals surface area contributed by atoms with Crippen LogP contribution >= 0.6 is 0 Å². The number of furan rings is 1. The zero-order valence-electron chi connectivity index (χ0n) is 16.5. The first-order valence-corrected chi connectivity index (χ1v) is 9.19. The Morgan fingerprint density at radius 1 is 1.10 bits per heavy atom. The highest BCUT2D eigenvalue weighted by molar-refractivity contribution is 5.82. The number of methoxy groups -OCH3 is 1. The zero-order valence-corrected chi connectivity index (χ0v) is 16.5. The van der Waals surface area contributed by atoms with Crippen molar-refractivity contribution in [2.75, 3.05) is 20.3 Å². The van der Waals surface area contributed by atoms with Gasteiger partial charge < -0.3 is 23.9 Å². The average molecular weight is 411 g/mol. The molecule has 0 aliphatic heterocycles. The van der Waals surface area contributed by atoms with Crippen LogP contribution < -0.4 is 14.8 Å². The van der Waals surface area contributed by atoms with E-state index in [4.69, 9.17) is 18.6 Å². The molecule has 0 aliphatic rings. The molecule has 0 saturated carbocycles. The van der Waals surface area contributed by atoms with E-state index in [0.717, 1.165) is 11.0 Å². The molecular formula is C22H21NO7. The molecular weight excluding hydrogens is 390 g/mol. The number of nitrogens with one attached hydrogen (secondary N) is 1. The maximum atomic E-state index is 12.1. The first-order chi connectivity index (χ1) is 14.5. The van der Waals surface area contributed by atoms with Crippen LogP contribution in [0.2, 0.25) is 0 Å². The molecule has 156 valence electrons. The molecule has 3 aromatic rings. The molecule has 0 bridgehead atoms. The largest absolute Gasteiger partial charge is 0.493 e. The van der Waals surface area contributed by atoms with Crippen molar-refractivity contribution in [1.29, 1.82) is 0 Å². The van der Waals surface area contributed by atoms with Crippen LogP contribution in [0.25, 0.3) is 11.0 Å². The molecule has 0 spiro atoms. The third kappa shape index (κ3) is 5.16.